The van der Waals surface area contributed by atoms with Crippen molar-refractivity contribution in [2.75, 3.05) is 18.1 Å². The first-order chi connectivity index (χ1) is 8.18. The fourth-order valence-corrected chi connectivity index (χ4v) is 2.64. The van der Waals surface area contributed by atoms with Gasteiger partial charge in [0.25, 0.3) is 0 Å². The molecule has 1 aliphatic heterocycles. The van der Waals surface area contributed by atoms with Crippen molar-refractivity contribution < 1.29 is 9.66 Å². The van der Waals surface area contributed by atoms with E-state index in [1.807, 2.05) is 0 Å². The second-order valence-corrected chi connectivity index (χ2v) is 4.62. The van der Waals surface area contributed by atoms with Crippen LogP contribution in [-0.4, -0.2) is 33.4 Å². The minimum Gasteiger partial charge on any atom is -0.378 e. The van der Waals surface area contributed by atoms with Gasteiger partial charge in [-0.3, -0.25) is 10.1 Å². The van der Waals surface area contributed by atoms with E-state index in [1.54, 1.807) is 0 Å². The molecule has 0 radical (unpaired) electrons. The number of rotatable bonds is 4. The zero-order chi connectivity index (χ0) is 12.3. The number of nitrogen functional groups attached to an aromatic ring is 1. The molecule has 1 unspecified atom stereocenters. The molecule has 17 heavy (non-hydrogen) atoms. The van der Waals surface area contributed by atoms with Gasteiger partial charge in [-0.25, -0.2) is 9.97 Å². The molecule has 1 saturated heterocycles. The minimum absolute atomic E-state index is 0.0974. The summed E-state index contributed by atoms with van der Waals surface area (Å²) in [6.07, 6.45) is 3.41. The molecule has 0 aromatic carbocycles. The van der Waals surface area contributed by atoms with E-state index >= 15 is 0 Å². The van der Waals surface area contributed by atoms with Crippen molar-refractivity contribution in [3.05, 3.63) is 16.4 Å². The van der Waals surface area contributed by atoms with Gasteiger partial charge >= 0.3 is 5.69 Å². The van der Waals surface area contributed by atoms with E-state index in [-0.39, 0.29) is 17.6 Å². The van der Waals surface area contributed by atoms with Crippen LogP contribution < -0.4 is 5.73 Å². The number of thioether (sulfide) groups is 1. The molecule has 0 aliphatic carbocycles. The van der Waals surface area contributed by atoms with Crippen LogP contribution in [0.25, 0.3) is 0 Å². The minimum atomic E-state index is -0.548. The van der Waals surface area contributed by atoms with E-state index < -0.39 is 4.92 Å². The lowest BCUT2D eigenvalue weighted by Crippen LogP contribution is -2.09. The summed E-state index contributed by atoms with van der Waals surface area (Å²) in [5.41, 5.74) is 5.26. The Morgan fingerprint density at radius 1 is 1.65 bits per heavy atom. The summed E-state index contributed by atoms with van der Waals surface area (Å²) in [5, 5.41) is 11.1. The Morgan fingerprint density at radius 2 is 2.47 bits per heavy atom. The molecule has 92 valence electrons. The molecular formula is C9H12N4O3S. The van der Waals surface area contributed by atoms with E-state index in [4.69, 9.17) is 10.5 Å². The highest BCUT2D eigenvalue weighted by Gasteiger charge is 2.23. The van der Waals surface area contributed by atoms with E-state index in [1.165, 1.54) is 18.1 Å². The number of nitrogens with two attached hydrogens (primary N) is 1. The molecule has 2 heterocycles. The SMILES string of the molecule is Nc1ncnc(SCC2CCCO2)c1[N+](=O)[O-]. The number of ether oxygens (including phenoxy) is 1. The highest BCUT2D eigenvalue weighted by Crippen LogP contribution is 2.32. The molecule has 2 rings (SSSR count). The molecule has 0 saturated carbocycles. The van der Waals surface area contributed by atoms with Crippen molar-refractivity contribution in [1.82, 2.24) is 9.97 Å². The average Bonchev–Trinajstić information content (AvgIpc) is 2.78. The van der Waals surface area contributed by atoms with Gasteiger partial charge in [-0.05, 0) is 12.8 Å². The number of nitrogens with zero attached hydrogens (tertiary/aromatic N) is 3. The molecule has 8 heteroatoms. The lowest BCUT2D eigenvalue weighted by Gasteiger charge is -2.08. The maximum Gasteiger partial charge on any atom is 0.343 e. The first-order valence-electron chi connectivity index (χ1n) is 5.17. The van der Waals surface area contributed by atoms with Crippen LogP contribution in [0.2, 0.25) is 0 Å². The van der Waals surface area contributed by atoms with Crippen LogP contribution in [-0.2, 0) is 4.74 Å². The van der Waals surface area contributed by atoms with Gasteiger partial charge in [0.15, 0.2) is 5.03 Å². The molecule has 1 aromatic rings. The van der Waals surface area contributed by atoms with Crippen LogP contribution in [0, 0.1) is 10.1 Å². The monoisotopic (exact) mass is 256 g/mol. The van der Waals surface area contributed by atoms with Gasteiger partial charge in [-0.15, -0.1) is 0 Å². The Morgan fingerprint density at radius 3 is 3.12 bits per heavy atom. The smallest absolute Gasteiger partial charge is 0.343 e. The van der Waals surface area contributed by atoms with E-state index in [0.717, 1.165) is 19.4 Å². The normalized spacial score (nSPS) is 19.4. The summed E-state index contributed by atoms with van der Waals surface area (Å²) < 4.78 is 5.44. The standard InChI is InChI=1S/C9H12N4O3S/c10-8-7(13(14)15)9(12-5-11-8)17-4-6-2-1-3-16-6/h5-6H,1-4H2,(H2,10,11,12). The van der Waals surface area contributed by atoms with Crippen LogP contribution in [0.5, 0.6) is 0 Å². The average molecular weight is 256 g/mol. The van der Waals surface area contributed by atoms with E-state index in [9.17, 15) is 10.1 Å². The summed E-state index contributed by atoms with van der Waals surface area (Å²) in [4.78, 5) is 17.8. The molecule has 1 atom stereocenters. The molecule has 7 nitrogen and oxygen atoms in total. The summed E-state index contributed by atoms with van der Waals surface area (Å²) in [5.74, 6) is 0.553. The topological polar surface area (TPSA) is 104 Å². The second kappa shape index (κ2) is 5.28. The fourth-order valence-electron chi connectivity index (χ4n) is 1.60. The third kappa shape index (κ3) is 2.83. The summed E-state index contributed by atoms with van der Waals surface area (Å²) in [6.45, 7) is 0.763. The number of nitro groups is 1. The predicted molar refractivity (Wildman–Crippen MR) is 62.8 cm³/mol. The molecular weight excluding hydrogens is 244 g/mol. The molecule has 1 aliphatic rings. The van der Waals surface area contributed by atoms with Gasteiger partial charge in [0.2, 0.25) is 5.82 Å². The Labute approximate surface area is 102 Å². The van der Waals surface area contributed by atoms with Crippen LogP contribution in [0.15, 0.2) is 11.4 Å². The number of hydrogen-bond donors (Lipinski definition) is 1. The number of aromatic nitrogens is 2. The van der Waals surface area contributed by atoms with Gasteiger partial charge in [-0.2, -0.15) is 0 Å². The van der Waals surface area contributed by atoms with Crippen LogP contribution in [0.3, 0.4) is 0 Å². The molecule has 0 spiro atoms. The highest BCUT2D eigenvalue weighted by molar-refractivity contribution is 7.99. The Kier molecular flexibility index (Phi) is 3.75. The Bertz CT molecular complexity index is 423. The van der Waals surface area contributed by atoms with Crippen molar-refractivity contribution in [3.8, 4) is 0 Å². The van der Waals surface area contributed by atoms with Crippen LogP contribution in [0.4, 0.5) is 11.5 Å². The van der Waals surface area contributed by atoms with Crippen molar-refractivity contribution in [3.63, 3.8) is 0 Å². The molecule has 2 N–H and O–H groups in total. The van der Waals surface area contributed by atoms with Crippen molar-refractivity contribution in [1.29, 1.82) is 0 Å². The fraction of sp³-hybridized carbons (Fsp3) is 0.556. The second-order valence-electron chi connectivity index (χ2n) is 3.62. The first kappa shape index (κ1) is 12.1. The summed E-state index contributed by atoms with van der Waals surface area (Å²) in [6, 6.07) is 0. The van der Waals surface area contributed by atoms with Crippen LogP contribution >= 0.6 is 11.8 Å². The molecule has 0 amide bonds. The van der Waals surface area contributed by atoms with Crippen molar-refractivity contribution in [2.24, 2.45) is 0 Å². The Hall–Kier alpha value is -1.41. The van der Waals surface area contributed by atoms with Gasteiger partial charge < -0.3 is 10.5 Å². The number of anilines is 1. The van der Waals surface area contributed by atoms with Gasteiger partial charge in [-0.1, -0.05) is 11.8 Å². The first-order valence-corrected chi connectivity index (χ1v) is 6.16. The van der Waals surface area contributed by atoms with Gasteiger partial charge in [0.1, 0.15) is 6.33 Å². The summed E-state index contributed by atoms with van der Waals surface area (Å²) in [7, 11) is 0. The zero-order valence-corrected chi connectivity index (χ0v) is 9.85. The predicted octanol–water partition coefficient (Wildman–Crippen LogP) is 1.24. The lowest BCUT2D eigenvalue weighted by atomic mass is 10.3. The van der Waals surface area contributed by atoms with E-state index in [0.29, 0.717) is 10.8 Å². The van der Waals surface area contributed by atoms with Gasteiger partial charge in [0, 0.05) is 12.4 Å². The van der Waals surface area contributed by atoms with Crippen molar-refractivity contribution in [2.45, 2.75) is 24.0 Å². The van der Waals surface area contributed by atoms with Crippen molar-refractivity contribution >= 4 is 23.3 Å². The third-order valence-corrected chi connectivity index (χ3v) is 3.54. The quantitative estimate of drug-likeness (QED) is 0.374. The maximum atomic E-state index is 10.8. The van der Waals surface area contributed by atoms with E-state index in [2.05, 4.69) is 9.97 Å². The van der Waals surface area contributed by atoms with Gasteiger partial charge in [0.05, 0.1) is 11.0 Å². The summed E-state index contributed by atoms with van der Waals surface area (Å²) >= 11 is 1.29. The number of hydrogen-bond acceptors (Lipinski definition) is 7. The maximum absolute atomic E-state index is 10.8. The molecule has 1 fully saturated rings. The third-order valence-electron chi connectivity index (χ3n) is 2.43. The highest BCUT2D eigenvalue weighted by atomic mass is 32.2. The Balaban J connectivity index is 2.09. The lowest BCUT2D eigenvalue weighted by molar-refractivity contribution is -0.387. The van der Waals surface area contributed by atoms with Crippen LogP contribution in [0.1, 0.15) is 12.8 Å². The zero-order valence-electron chi connectivity index (χ0n) is 9.04. The largest absolute Gasteiger partial charge is 0.378 e. The molecule has 0 bridgehead atoms. The molecule has 1 aromatic heterocycles.